The quantitative estimate of drug-likeness (QED) is 0.763. The molecule has 0 atom stereocenters. The van der Waals surface area contributed by atoms with E-state index < -0.39 is 5.97 Å². The van der Waals surface area contributed by atoms with Gasteiger partial charge in [-0.3, -0.25) is 0 Å². The van der Waals surface area contributed by atoms with Crippen molar-refractivity contribution in [2.75, 3.05) is 7.11 Å². The molecule has 0 bridgehead atoms. The minimum atomic E-state index is -1.20. The zero-order valence-electron chi connectivity index (χ0n) is 8.44. The van der Waals surface area contributed by atoms with Gasteiger partial charge in [0.05, 0.1) is 7.11 Å². The zero-order chi connectivity index (χ0) is 11.1. The van der Waals surface area contributed by atoms with E-state index in [9.17, 15) is 4.79 Å². The fourth-order valence-corrected chi connectivity index (χ4v) is 0.905. The third kappa shape index (κ3) is 2.65. The summed E-state index contributed by atoms with van der Waals surface area (Å²) in [7, 11) is 1.35. The van der Waals surface area contributed by atoms with E-state index in [0.717, 1.165) is 0 Å². The van der Waals surface area contributed by atoms with E-state index in [-0.39, 0.29) is 17.1 Å². The molecular weight excluding hydrogens is 184 g/mol. The van der Waals surface area contributed by atoms with Gasteiger partial charge in [0.1, 0.15) is 17.1 Å². The number of carbonyl (C=O) groups is 1. The standard InChI is InChI=1S/C8H8O4.C2H6/c1-12-6-4-2-3-5(9)7(6)8(10)11;1-2/h2-4,9H,1H3,(H,10,11);1-2H3. The van der Waals surface area contributed by atoms with Crippen molar-refractivity contribution in [2.24, 2.45) is 0 Å². The third-order valence-corrected chi connectivity index (χ3v) is 1.44. The molecule has 0 fully saturated rings. The summed E-state index contributed by atoms with van der Waals surface area (Å²) in [6.45, 7) is 4.00. The molecule has 1 aromatic rings. The Balaban J connectivity index is 0.000000791. The van der Waals surface area contributed by atoms with Crippen LogP contribution in [0.25, 0.3) is 0 Å². The van der Waals surface area contributed by atoms with Crippen molar-refractivity contribution in [2.45, 2.75) is 13.8 Å². The Morgan fingerprint density at radius 1 is 1.36 bits per heavy atom. The lowest BCUT2D eigenvalue weighted by atomic mass is 10.2. The lowest BCUT2D eigenvalue weighted by molar-refractivity contribution is 0.0690. The van der Waals surface area contributed by atoms with Crippen LogP contribution in [0.5, 0.6) is 11.5 Å². The summed E-state index contributed by atoms with van der Waals surface area (Å²) in [6, 6.07) is 4.29. The molecule has 0 spiro atoms. The van der Waals surface area contributed by atoms with Gasteiger partial charge in [0, 0.05) is 0 Å². The summed E-state index contributed by atoms with van der Waals surface area (Å²) in [5, 5.41) is 17.8. The Morgan fingerprint density at radius 2 is 1.93 bits per heavy atom. The Hall–Kier alpha value is -1.71. The molecule has 4 nitrogen and oxygen atoms in total. The molecular formula is C10H14O4. The summed E-state index contributed by atoms with van der Waals surface area (Å²) >= 11 is 0. The maximum Gasteiger partial charge on any atom is 0.343 e. The first kappa shape index (κ1) is 12.3. The van der Waals surface area contributed by atoms with Crippen LogP contribution in [-0.4, -0.2) is 23.3 Å². The summed E-state index contributed by atoms with van der Waals surface area (Å²) in [5.74, 6) is -1.34. The van der Waals surface area contributed by atoms with Crippen molar-refractivity contribution in [1.82, 2.24) is 0 Å². The molecule has 0 amide bonds. The van der Waals surface area contributed by atoms with Crippen LogP contribution in [0.15, 0.2) is 18.2 Å². The van der Waals surface area contributed by atoms with Gasteiger partial charge >= 0.3 is 5.97 Å². The van der Waals surface area contributed by atoms with E-state index in [1.54, 1.807) is 0 Å². The maximum absolute atomic E-state index is 10.6. The van der Waals surface area contributed by atoms with Gasteiger partial charge in [-0.15, -0.1) is 0 Å². The van der Waals surface area contributed by atoms with Crippen molar-refractivity contribution in [1.29, 1.82) is 0 Å². The fourth-order valence-electron chi connectivity index (χ4n) is 0.905. The molecule has 0 unspecified atom stereocenters. The molecule has 0 saturated carbocycles. The highest BCUT2D eigenvalue weighted by Crippen LogP contribution is 2.26. The second kappa shape index (κ2) is 5.85. The number of aromatic carboxylic acids is 1. The number of aromatic hydroxyl groups is 1. The Labute approximate surface area is 82.8 Å². The fraction of sp³-hybridized carbons (Fsp3) is 0.300. The Morgan fingerprint density at radius 3 is 2.29 bits per heavy atom. The number of ether oxygens (including phenoxy) is 1. The monoisotopic (exact) mass is 198 g/mol. The summed E-state index contributed by atoms with van der Waals surface area (Å²) in [6.07, 6.45) is 0. The van der Waals surface area contributed by atoms with Crippen LogP contribution >= 0.6 is 0 Å². The molecule has 0 saturated heterocycles. The van der Waals surface area contributed by atoms with Crippen molar-refractivity contribution < 1.29 is 19.7 Å². The molecule has 0 heterocycles. The number of phenols is 1. The van der Waals surface area contributed by atoms with E-state index in [2.05, 4.69) is 0 Å². The lowest BCUT2D eigenvalue weighted by Crippen LogP contribution is -2.00. The van der Waals surface area contributed by atoms with E-state index in [4.69, 9.17) is 14.9 Å². The van der Waals surface area contributed by atoms with Gasteiger partial charge < -0.3 is 14.9 Å². The topological polar surface area (TPSA) is 66.8 Å². The van der Waals surface area contributed by atoms with Crippen molar-refractivity contribution in [3.8, 4) is 11.5 Å². The van der Waals surface area contributed by atoms with Gasteiger partial charge in [-0.2, -0.15) is 0 Å². The highest BCUT2D eigenvalue weighted by Gasteiger charge is 2.14. The lowest BCUT2D eigenvalue weighted by Gasteiger charge is -2.04. The van der Waals surface area contributed by atoms with Crippen LogP contribution in [0.1, 0.15) is 24.2 Å². The number of hydrogen-bond acceptors (Lipinski definition) is 3. The minimum Gasteiger partial charge on any atom is -0.507 e. The number of methoxy groups -OCH3 is 1. The number of hydrogen-bond donors (Lipinski definition) is 2. The summed E-state index contributed by atoms with van der Waals surface area (Å²) < 4.78 is 4.75. The molecule has 0 aliphatic heterocycles. The number of rotatable bonds is 2. The van der Waals surface area contributed by atoms with Gasteiger partial charge in [0.15, 0.2) is 0 Å². The van der Waals surface area contributed by atoms with Gasteiger partial charge in [0.2, 0.25) is 0 Å². The second-order valence-corrected chi connectivity index (χ2v) is 2.16. The first-order chi connectivity index (χ1) is 6.66. The second-order valence-electron chi connectivity index (χ2n) is 2.16. The Kier molecular flexibility index (Phi) is 5.14. The van der Waals surface area contributed by atoms with E-state index in [1.807, 2.05) is 13.8 Å². The highest BCUT2D eigenvalue weighted by atomic mass is 16.5. The average molecular weight is 198 g/mol. The van der Waals surface area contributed by atoms with E-state index in [0.29, 0.717) is 0 Å². The van der Waals surface area contributed by atoms with E-state index in [1.165, 1.54) is 25.3 Å². The third-order valence-electron chi connectivity index (χ3n) is 1.44. The summed E-state index contributed by atoms with van der Waals surface area (Å²) in [4.78, 5) is 10.6. The SMILES string of the molecule is CC.COc1cccc(O)c1C(=O)O. The van der Waals surface area contributed by atoms with Crippen LogP contribution in [0.2, 0.25) is 0 Å². The Bertz CT molecular complexity index is 307. The molecule has 0 radical (unpaired) electrons. The predicted molar refractivity (Wildman–Crippen MR) is 53.0 cm³/mol. The molecule has 14 heavy (non-hydrogen) atoms. The molecule has 0 aliphatic rings. The van der Waals surface area contributed by atoms with Crippen LogP contribution in [0.4, 0.5) is 0 Å². The smallest absolute Gasteiger partial charge is 0.343 e. The summed E-state index contributed by atoms with van der Waals surface area (Å²) in [5.41, 5.74) is -0.208. The molecule has 1 aromatic carbocycles. The van der Waals surface area contributed by atoms with Gasteiger partial charge in [-0.25, -0.2) is 4.79 Å². The largest absolute Gasteiger partial charge is 0.507 e. The predicted octanol–water partition coefficient (Wildman–Crippen LogP) is 2.13. The van der Waals surface area contributed by atoms with Crippen LogP contribution in [0, 0.1) is 0 Å². The highest BCUT2D eigenvalue weighted by molar-refractivity contribution is 5.93. The number of carboxylic acids is 1. The average Bonchev–Trinajstić information content (AvgIpc) is 2.19. The van der Waals surface area contributed by atoms with Crippen LogP contribution in [0.3, 0.4) is 0 Å². The molecule has 0 aromatic heterocycles. The van der Waals surface area contributed by atoms with Crippen molar-refractivity contribution >= 4 is 5.97 Å². The maximum atomic E-state index is 10.6. The minimum absolute atomic E-state index is 0.155. The van der Waals surface area contributed by atoms with Crippen molar-refractivity contribution in [3.05, 3.63) is 23.8 Å². The van der Waals surface area contributed by atoms with Gasteiger partial charge in [-0.1, -0.05) is 19.9 Å². The first-order valence-electron chi connectivity index (χ1n) is 4.26. The molecule has 1 rings (SSSR count). The molecule has 2 N–H and O–H groups in total. The first-order valence-corrected chi connectivity index (χ1v) is 4.26. The van der Waals surface area contributed by atoms with Gasteiger partial charge in [-0.05, 0) is 12.1 Å². The van der Waals surface area contributed by atoms with Gasteiger partial charge in [0.25, 0.3) is 0 Å². The zero-order valence-corrected chi connectivity index (χ0v) is 8.44. The van der Waals surface area contributed by atoms with Crippen LogP contribution in [-0.2, 0) is 0 Å². The molecule has 4 heteroatoms. The molecule has 0 aliphatic carbocycles. The normalized spacial score (nSPS) is 8.50. The number of benzene rings is 1. The van der Waals surface area contributed by atoms with E-state index >= 15 is 0 Å². The molecule has 78 valence electrons. The number of carboxylic acid groups (broad SMARTS) is 1. The van der Waals surface area contributed by atoms with Crippen LogP contribution < -0.4 is 4.74 Å². The van der Waals surface area contributed by atoms with Crippen molar-refractivity contribution in [3.63, 3.8) is 0 Å².